The molecule has 1 rings (SSSR count). The highest BCUT2D eigenvalue weighted by Crippen LogP contribution is 2.07. The van der Waals surface area contributed by atoms with E-state index in [1.165, 1.54) is 0 Å². The summed E-state index contributed by atoms with van der Waals surface area (Å²) in [7, 11) is 0. The number of nitrogen functional groups attached to an aromatic ring is 1. The molecule has 0 unspecified atom stereocenters. The second-order valence-corrected chi connectivity index (χ2v) is 3.82. The van der Waals surface area contributed by atoms with Crippen LogP contribution in [0, 0.1) is 0 Å². The fraction of sp³-hybridized carbons (Fsp3) is 0.385. The first-order valence-corrected chi connectivity index (χ1v) is 5.88. The average Bonchev–Trinajstić information content (AvgIpc) is 2.36. The van der Waals surface area contributed by atoms with E-state index in [0.717, 1.165) is 5.56 Å². The molecule has 1 amide bonds. The van der Waals surface area contributed by atoms with Gasteiger partial charge in [-0.1, -0.05) is 12.1 Å². The second-order valence-electron chi connectivity index (χ2n) is 3.82. The van der Waals surface area contributed by atoms with Gasteiger partial charge in [-0.3, -0.25) is 9.59 Å². The van der Waals surface area contributed by atoms with Gasteiger partial charge in [-0.2, -0.15) is 0 Å². The second kappa shape index (κ2) is 7.32. The molecule has 0 spiro atoms. The fourth-order valence-corrected chi connectivity index (χ4v) is 1.41. The van der Waals surface area contributed by atoms with E-state index in [1.54, 1.807) is 19.1 Å². The van der Waals surface area contributed by atoms with E-state index in [0.29, 0.717) is 25.1 Å². The molecule has 0 aliphatic carbocycles. The lowest BCUT2D eigenvalue weighted by atomic mass is 10.1. The number of nitrogens with one attached hydrogen (secondary N) is 1. The molecule has 0 radical (unpaired) electrons. The van der Waals surface area contributed by atoms with Crippen LogP contribution in [0.15, 0.2) is 24.3 Å². The molecule has 98 valence electrons. The van der Waals surface area contributed by atoms with E-state index in [9.17, 15) is 9.59 Å². The topological polar surface area (TPSA) is 81.4 Å². The van der Waals surface area contributed by atoms with Crippen LogP contribution in [-0.4, -0.2) is 25.0 Å². The Bertz CT molecular complexity index is 401. The van der Waals surface area contributed by atoms with Crippen molar-refractivity contribution in [1.29, 1.82) is 0 Å². The lowest BCUT2D eigenvalue weighted by Gasteiger charge is -2.05. The smallest absolute Gasteiger partial charge is 0.325 e. The van der Waals surface area contributed by atoms with E-state index in [1.807, 2.05) is 12.1 Å². The molecule has 0 aromatic heterocycles. The third-order valence-electron chi connectivity index (χ3n) is 2.36. The van der Waals surface area contributed by atoms with Crippen LogP contribution in [-0.2, 0) is 20.7 Å². The van der Waals surface area contributed by atoms with Gasteiger partial charge in [-0.25, -0.2) is 0 Å². The first-order chi connectivity index (χ1) is 8.61. The summed E-state index contributed by atoms with van der Waals surface area (Å²) >= 11 is 0. The monoisotopic (exact) mass is 250 g/mol. The Morgan fingerprint density at radius 1 is 1.28 bits per heavy atom. The van der Waals surface area contributed by atoms with Gasteiger partial charge in [-0.15, -0.1) is 0 Å². The molecular weight excluding hydrogens is 232 g/mol. The molecule has 5 nitrogen and oxygen atoms in total. The van der Waals surface area contributed by atoms with Gasteiger partial charge in [0.2, 0.25) is 5.91 Å². The normalized spacial score (nSPS) is 9.83. The summed E-state index contributed by atoms with van der Waals surface area (Å²) in [6, 6.07) is 7.36. The van der Waals surface area contributed by atoms with Crippen LogP contribution in [0.3, 0.4) is 0 Å². The van der Waals surface area contributed by atoms with Gasteiger partial charge in [0.1, 0.15) is 6.54 Å². The van der Waals surface area contributed by atoms with Crippen LogP contribution in [0.2, 0.25) is 0 Å². The Morgan fingerprint density at radius 3 is 2.56 bits per heavy atom. The highest BCUT2D eigenvalue weighted by Gasteiger charge is 2.06. The maximum absolute atomic E-state index is 11.4. The lowest BCUT2D eigenvalue weighted by Crippen LogP contribution is -2.30. The zero-order valence-electron chi connectivity index (χ0n) is 10.4. The number of rotatable bonds is 6. The molecule has 0 fully saturated rings. The van der Waals surface area contributed by atoms with Crippen molar-refractivity contribution < 1.29 is 14.3 Å². The maximum atomic E-state index is 11.4. The van der Waals surface area contributed by atoms with Crippen LogP contribution in [0.4, 0.5) is 5.69 Å². The zero-order chi connectivity index (χ0) is 13.4. The molecule has 5 heteroatoms. The van der Waals surface area contributed by atoms with Gasteiger partial charge >= 0.3 is 5.97 Å². The molecule has 0 atom stereocenters. The summed E-state index contributed by atoms with van der Waals surface area (Å²) in [5.41, 5.74) is 7.30. The molecule has 0 heterocycles. The molecule has 0 saturated heterocycles. The molecular formula is C13H18N2O3. The molecule has 0 aliphatic rings. The Balaban J connectivity index is 2.24. The van der Waals surface area contributed by atoms with Crippen molar-refractivity contribution in [2.75, 3.05) is 18.9 Å². The van der Waals surface area contributed by atoms with Crippen molar-refractivity contribution >= 4 is 17.6 Å². The first kappa shape index (κ1) is 14.0. The number of esters is 1. The van der Waals surface area contributed by atoms with E-state index in [-0.39, 0.29) is 12.5 Å². The fourth-order valence-electron chi connectivity index (χ4n) is 1.41. The van der Waals surface area contributed by atoms with Crippen molar-refractivity contribution in [3.63, 3.8) is 0 Å². The molecule has 0 saturated carbocycles. The summed E-state index contributed by atoms with van der Waals surface area (Å²) in [5.74, 6) is -0.585. The van der Waals surface area contributed by atoms with E-state index < -0.39 is 5.97 Å². The SMILES string of the molecule is CCOC(=O)CNC(=O)CCc1ccc(N)cc1. The number of carbonyl (C=O) groups excluding carboxylic acids is 2. The number of hydrogen-bond acceptors (Lipinski definition) is 4. The number of hydrogen-bond donors (Lipinski definition) is 2. The van der Waals surface area contributed by atoms with Crippen molar-refractivity contribution in [3.05, 3.63) is 29.8 Å². The highest BCUT2D eigenvalue weighted by atomic mass is 16.5. The predicted molar refractivity (Wildman–Crippen MR) is 68.8 cm³/mol. The summed E-state index contributed by atoms with van der Waals surface area (Å²) in [6.07, 6.45) is 0.957. The molecule has 3 N–H and O–H groups in total. The van der Waals surface area contributed by atoms with E-state index in [4.69, 9.17) is 10.5 Å². The van der Waals surface area contributed by atoms with Gasteiger partial charge in [0.05, 0.1) is 6.61 Å². The summed E-state index contributed by atoms with van der Waals surface area (Å²) in [6.45, 7) is 1.97. The predicted octanol–water partition coefficient (Wildman–Crippen LogP) is 0.881. The summed E-state index contributed by atoms with van der Waals surface area (Å²) < 4.78 is 4.70. The average molecular weight is 250 g/mol. The van der Waals surface area contributed by atoms with Crippen molar-refractivity contribution in [2.24, 2.45) is 0 Å². The lowest BCUT2D eigenvalue weighted by molar-refractivity contribution is -0.143. The van der Waals surface area contributed by atoms with Crippen LogP contribution in [0.25, 0.3) is 0 Å². The Morgan fingerprint density at radius 2 is 1.94 bits per heavy atom. The molecule has 0 aliphatic heterocycles. The van der Waals surface area contributed by atoms with Gasteiger partial charge in [0, 0.05) is 12.1 Å². The minimum atomic E-state index is -0.418. The maximum Gasteiger partial charge on any atom is 0.325 e. The third kappa shape index (κ3) is 5.34. The van der Waals surface area contributed by atoms with Gasteiger partial charge in [-0.05, 0) is 31.0 Å². The number of benzene rings is 1. The highest BCUT2D eigenvalue weighted by molar-refractivity contribution is 5.81. The Labute approximate surface area is 106 Å². The van der Waals surface area contributed by atoms with Crippen LogP contribution >= 0.6 is 0 Å². The first-order valence-electron chi connectivity index (χ1n) is 5.88. The van der Waals surface area contributed by atoms with Gasteiger partial charge < -0.3 is 15.8 Å². The molecule has 1 aromatic carbocycles. The number of ether oxygens (including phenoxy) is 1. The number of anilines is 1. The van der Waals surface area contributed by atoms with Crippen molar-refractivity contribution in [1.82, 2.24) is 5.32 Å². The largest absolute Gasteiger partial charge is 0.465 e. The molecule has 0 bridgehead atoms. The summed E-state index contributed by atoms with van der Waals surface area (Å²) in [5, 5.41) is 2.51. The number of nitrogens with two attached hydrogens (primary N) is 1. The molecule has 1 aromatic rings. The van der Waals surface area contributed by atoms with Crippen LogP contribution < -0.4 is 11.1 Å². The minimum Gasteiger partial charge on any atom is -0.465 e. The minimum absolute atomic E-state index is 0.0750. The number of aryl methyl sites for hydroxylation is 1. The Hall–Kier alpha value is -2.04. The standard InChI is InChI=1S/C13H18N2O3/c1-2-18-13(17)9-15-12(16)8-5-10-3-6-11(14)7-4-10/h3-4,6-7H,2,5,8-9,14H2,1H3,(H,15,16). The summed E-state index contributed by atoms with van der Waals surface area (Å²) in [4.78, 5) is 22.5. The van der Waals surface area contributed by atoms with Crippen molar-refractivity contribution in [2.45, 2.75) is 19.8 Å². The van der Waals surface area contributed by atoms with E-state index in [2.05, 4.69) is 5.32 Å². The van der Waals surface area contributed by atoms with Crippen LogP contribution in [0.1, 0.15) is 18.9 Å². The Kier molecular flexibility index (Phi) is 5.70. The van der Waals surface area contributed by atoms with Gasteiger partial charge in [0.15, 0.2) is 0 Å². The quantitative estimate of drug-likeness (QED) is 0.580. The van der Waals surface area contributed by atoms with Crippen molar-refractivity contribution in [3.8, 4) is 0 Å². The number of carbonyl (C=O) groups is 2. The third-order valence-corrected chi connectivity index (χ3v) is 2.36. The van der Waals surface area contributed by atoms with E-state index >= 15 is 0 Å². The van der Waals surface area contributed by atoms with Crippen LogP contribution in [0.5, 0.6) is 0 Å². The zero-order valence-corrected chi connectivity index (χ0v) is 10.4. The molecule has 18 heavy (non-hydrogen) atoms. The van der Waals surface area contributed by atoms with Gasteiger partial charge in [0.25, 0.3) is 0 Å². The number of amides is 1.